The average Bonchev–Trinajstić information content (AvgIpc) is 2.92. The van der Waals surface area contributed by atoms with Crippen molar-refractivity contribution in [2.75, 3.05) is 12.4 Å². The Balaban J connectivity index is 2.15. The molecule has 0 spiro atoms. The fourth-order valence-corrected chi connectivity index (χ4v) is 1.89. The number of carbonyl (C=O) groups excluding carboxylic acids is 2. The Labute approximate surface area is 107 Å². The fourth-order valence-electron chi connectivity index (χ4n) is 1.36. The molecule has 0 aliphatic carbocycles. The third kappa shape index (κ3) is 2.72. The molecular weight excluding hydrogens is 252 g/mol. The normalized spacial score (nSPS) is 9.83. The van der Waals surface area contributed by atoms with Gasteiger partial charge in [0, 0.05) is 17.3 Å². The number of nitrogens with one attached hydrogen (secondary N) is 1. The van der Waals surface area contributed by atoms with Gasteiger partial charge in [-0.05, 0) is 18.2 Å². The Hall–Kier alpha value is -2.21. The van der Waals surface area contributed by atoms with Crippen molar-refractivity contribution in [3.8, 4) is 0 Å². The molecule has 1 aromatic heterocycles. The van der Waals surface area contributed by atoms with Crippen LogP contribution in [0.2, 0.25) is 0 Å². The molecule has 1 amide bonds. The zero-order valence-corrected chi connectivity index (χ0v) is 10.4. The van der Waals surface area contributed by atoms with E-state index in [1.807, 2.05) is 0 Å². The number of ether oxygens (including phenoxy) is 1. The predicted molar refractivity (Wildman–Crippen MR) is 67.8 cm³/mol. The molecule has 2 aromatic rings. The highest BCUT2D eigenvalue weighted by Gasteiger charge is 2.10. The highest BCUT2D eigenvalue weighted by molar-refractivity contribution is 7.11. The van der Waals surface area contributed by atoms with Crippen molar-refractivity contribution >= 4 is 28.9 Å². The first-order chi connectivity index (χ1) is 8.70. The number of rotatable bonds is 3. The molecule has 0 saturated carbocycles. The third-order valence-electron chi connectivity index (χ3n) is 2.17. The Morgan fingerprint density at radius 2 is 2.22 bits per heavy atom. The number of thiazole rings is 1. The summed E-state index contributed by atoms with van der Waals surface area (Å²) in [6.45, 7) is 0. The van der Waals surface area contributed by atoms with Gasteiger partial charge in [0.05, 0.1) is 12.7 Å². The molecular formula is C12H10N2O3S. The number of amides is 1. The topological polar surface area (TPSA) is 68.3 Å². The van der Waals surface area contributed by atoms with E-state index in [1.54, 1.807) is 35.8 Å². The van der Waals surface area contributed by atoms with Gasteiger partial charge in [-0.15, -0.1) is 11.3 Å². The summed E-state index contributed by atoms with van der Waals surface area (Å²) in [4.78, 5) is 27.0. The summed E-state index contributed by atoms with van der Waals surface area (Å²) in [5.74, 6) is -0.743. The smallest absolute Gasteiger partial charge is 0.337 e. The zero-order valence-electron chi connectivity index (χ0n) is 9.54. The molecule has 1 heterocycles. The molecule has 0 aliphatic rings. The van der Waals surface area contributed by atoms with Gasteiger partial charge in [0.2, 0.25) is 0 Å². The summed E-state index contributed by atoms with van der Waals surface area (Å²) < 4.78 is 4.61. The van der Waals surface area contributed by atoms with Crippen molar-refractivity contribution in [1.82, 2.24) is 4.98 Å². The van der Waals surface area contributed by atoms with Crippen LogP contribution in [0.5, 0.6) is 0 Å². The summed E-state index contributed by atoms with van der Waals surface area (Å²) in [6.07, 6.45) is 1.56. The number of hydrogen-bond acceptors (Lipinski definition) is 5. The molecule has 0 unspecified atom stereocenters. The van der Waals surface area contributed by atoms with Gasteiger partial charge in [0.15, 0.2) is 5.01 Å². The van der Waals surface area contributed by atoms with Crippen LogP contribution >= 0.6 is 11.3 Å². The standard InChI is InChI=1S/C12H10N2O3S/c1-17-12(16)8-3-2-4-9(7-8)14-10(15)11-13-5-6-18-11/h2-7H,1H3,(H,14,15). The summed E-state index contributed by atoms with van der Waals surface area (Å²) in [6, 6.07) is 6.53. The van der Waals surface area contributed by atoms with E-state index in [0.29, 0.717) is 16.3 Å². The molecule has 0 aliphatic heterocycles. The second-order valence-electron chi connectivity index (χ2n) is 3.36. The lowest BCUT2D eigenvalue weighted by Crippen LogP contribution is -2.12. The van der Waals surface area contributed by atoms with Crippen molar-refractivity contribution < 1.29 is 14.3 Å². The van der Waals surface area contributed by atoms with Crippen molar-refractivity contribution in [3.63, 3.8) is 0 Å². The highest BCUT2D eigenvalue weighted by Crippen LogP contribution is 2.13. The minimum absolute atomic E-state index is 0.299. The minimum atomic E-state index is -0.444. The van der Waals surface area contributed by atoms with Gasteiger partial charge in [-0.2, -0.15) is 0 Å². The summed E-state index contributed by atoms with van der Waals surface area (Å²) >= 11 is 1.25. The van der Waals surface area contributed by atoms with Crippen LogP contribution < -0.4 is 5.32 Å². The lowest BCUT2D eigenvalue weighted by Gasteiger charge is -2.04. The van der Waals surface area contributed by atoms with Crippen LogP contribution in [0.1, 0.15) is 20.2 Å². The van der Waals surface area contributed by atoms with Gasteiger partial charge < -0.3 is 10.1 Å². The van der Waals surface area contributed by atoms with Gasteiger partial charge in [0.1, 0.15) is 0 Å². The number of aromatic nitrogens is 1. The molecule has 18 heavy (non-hydrogen) atoms. The van der Waals surface area contributed by atoms with Crippen molar-refractivity contribution in [3.05, 3.63) is 46.4 Å². The Morgan fingerprint density at radius 3 is 2.89 bits per heavy atom. The van der Waals surface area contributed by atoms with Crippen LogP contribution in [0.3, 0.4) is 0 Å². The van der Waals surface area contributed by atoms with Crippen LogP contribution in [0.15, 0.2) is 35.8 Å². The molecule has 92 valence electrons. The average molecular weight is 262 g/mol. The number of anilines is 1. The highest BCUT2D eigenvalue weighted by atomic mass is 32.1. The van der Waals surface area contributed by atoms with Crippen LogP contribution in [0.25, 0.3) is 0 Å². The molecule has 6 heteroatoms. The van der Waals surface area contributed by atoms with Gasteiger partial charge in [-0.25, -0.2) is 9.78 Å². The van der Waals surface area contributed by atoms with Crippen molar-refractivity contribution in [2.45, 2.75) is 0 Å². The maximum absolute atomic E-state index is 11.7. The minimum Gasteiger partial charge on any atom is -0.465 e. The van der Waals surface area contributed by atoms with E-state index >= 15 is 0 Å². The SMILES string of the molecule is COC(=O)c1cccc(NC(=O)c2nccs2)c1. The van der Waals surface area contributed by atoms with E-state index < -0.39 is 5.97 Å². The van der Waals surface area contributed by atoms with Crippen molar-refractivity contribution in [1.29, 1.82) is 0 Å². The summed E-state index contributed by atoms with van der Waals surface area (Å²) in [5.41, 5.74) is 0.910. The lowest BCUT2D eigenvalue weighted by molar-refractivity contribution is 0.0600. The maximum Gasteiger partial charge on any atom is 0.337 e. The molecule has 5 nitrogen and oxygen atoms in total. The van der Waals surface area contributed by atoms with E-state index in [9.17, 15) is 9.59 Å². The first-order valence-electron chi connectivity index (χ1n) is 5.10. The zero-order chi connectivity index (χ0) is 13.0. The van der Waals surface area contributed by atoms with Gasteiger partial charge >= 0.3 is 5.97 Å². The van der Waals surface area contributed by atoms with Gasteiger partial charge in [-0.3, -0.25) is 4.79 Å². The number of carbonyl (C=O) groups is 2. The number of esters is 1. The molecule has 1 aromatic carbocycles. The predicted octanol–water partition coefficient (Wildman–Crippen LogP) is 2.18. The lowest BCUT2D eigenvalue weighted by atomic mass is 10.2. The van der Waals surface area contributed by atoms with Crippen LogP contribution in [-0.2, 0) is 4.74 Å². The first-order valence-corrected chi connectivity index (χ1v) is 5.98. The molecule has 0 radical (unpaired) electrons. The van der Waals surface area contributed by atoms with E-state index in [0.717, 1.165) is 0 Å². The second kappa shape index (κ2) is 5.42. The van der Waals surface area contributed by atoms with E-state index in [2.05, 4.69) is 15.0 Å². The molecule has 1 N–H and O–H groups in total. The Kier molecular flexibility index (Phi) is 3.69. The first kappa shape index (κ1) is 12.3. The molecule has 2 rings (SSSR count). The van der Waals surface area contributed by atoms with Gasteiger partial charge in [-0.1, -0.05) is 6.07 Å². The number of nitrogens with zero attached hydrogens (tertiary/aromatic N) is 1. The van der Waals surface area contributed by atoms with Crippen molar-refractivity contribution in [2.24, 2.45) is 0 Å². The molecule has 0 atom stereocenters. The number of benzene rings is 1. The monoisotopic (exact) mass is 262 g/mol. The van der Waals surface area contributed by atoms with E-state index in [-0.39, 0.29) is 5.91 Å². The van der Waals surface area contributed by atoms with Crippen LogP contribution in [0.4, 0.5) is 5.69 Å². The third-order valence-corrected chi connectivity index (χ3v) is 2.94. The van der Waals surface area contributed by atoms with E-state index in [4.69, 9.17) is 0 Å². The van der Waals surface area contributed by atoms with Gasteiger partial charge in [0.25, 0.3) is 5.91 Å². The number of methoxy groups -OCH3 is 1. The molecule has 0 saturated heterocycles. The quantitative estimate of drug-likeness (QED) is 0.861. The maximum atomic E-state index is 11.7. The van der Waals surface area contributed by atoms with E-state index in [1.165, 1.54) is 18.4 Å². The van der Waals surface area contributed by atoms with Crippen LogP contribution in [-0.4, -0.2) is 24.0 Å². The summed E-state index contributed by atoms with van der Waals surface area (Å²) in [7, 11) is 1.31. The summed E-state index contributed by atoms with van der Waals surface area (Å²) in [5, 5.41) is 4.76. The Bertz CT molecular complexity index is 566. The Morgan fingerprint density at radius 1 is 1.39 bits per heavy atom. The number of hydrogen-bond donors (Lipinski definition) is 1. The molecule has 0 fully saturated rings. The largest absolute Gasteiger partial charge is 0.465 e. The fraction of sp³-hybridized carbons (Fsp3) is 0.0833. The second-order valence-corrected chi connectivity index (χ2v) is 4.26. The van der Waals surface area contributed by atoms with Crippen LogP contribution in [0, 0.1) is 0 Å². The molecule has 0 bridgehead atoms.